The Morgan fingerprint density at radius 1 is 1.19 bits per heavy atom. The van der Waals surface area contributed by atoms with E-state index in [1.165, 1.54) is 14.9 Å². The molecule has 3 heterocycles. The van der Waals surface area contributed by atoms with Crippen LogP contribution in [0.25, 0.3) is 5.78 Å². The summed E-state index contributed by atoms with van der Waals surface area (Å²) in [5, 5.41) is 6.86. The number of ether oxygens (including phenoxy) is 1. The van der Waals surface area contributed by atoms with Gasteiger partial charge in [-0.2, -0.15) is 9.29 Å². The van der Waals surface area contributed by atoms with E-state index >= 15 is 0 Å². The molecule has 3 aromatic rings. The minimum Gasteiger partial charge on any atom is -0.492 e. The van der Waals surface area contributed by atoms with E-state index in [0.29, 0.717) is 31.2 Å². The summed E-state index contributed by atoms with van der Waals surface area (Å²) in [6, 6.07) is 6.33. The van der Waals surface area contributed by atoms with Crippen LogP contribution in [0.3, 0.4) is 0 Å². The van der Waals surface area contributed by atoms with Crippen LogP contribution in [0.5, 0.6) is 5.75 Å². The summed E-state index contributed by atoms with van der Waals surface area (Å²) < 4.78 is 35.0. The Bertz CT molecular complexity index is 1220. The number of hydrogen-bond acceptors (Lipinski definition) is 7. The van der Waals surface area contributed by atoms with Crippen LogP contribution in [0.4, 0.5) is 5.69 Å². The van der Waals surface area contributed by atoms with Gasteiger partial charge in [-0.05, 0) is 51.0 Å². The number of nitrogens with one attached hydrogen (secondary N) is 1. The number of aromatic nitrogens is 4. The van der Waals surface area contributed by atoms with Crippen molar-refractivity contribution in [3.05, 3.63) is 42.0 Å². The maximum absolute atomic E-state index is 13.2. The van der Waals surface area contributed by atoms with Gasteiger partial charge in [0.25, 0.3) is 11.7 Å². The third-order valence-corrected chi connectivity index (χ3v) is 6.99. The molecule has 1 aliphatic heterocycles. The molecule has 0 atom stereocenters. The van der Waals surface area contributed by atoms with Crippen molar-refractivity contribution in [2.75, 3.05) is 25.0 Å². The van der Waals surface area contributed by atoms with Gasteiger partial charge in [-0.3, -0.25) is 4.79 Å². The average molecular weight is 445 g/mol. The Labute approximate surface area is 180 Å². The lowest BCUT2D eigenvalue weighted by Gasteiger charge is -2.26. The van der Waals surface area contributed by atoms with E-state index in [1.54, 1.807) is 31.3 Å². The molecule has 0 aliphatic carbocycles. The van der Waals surface area contributed by atoms with Gasteiger partial charge in [0.2, 0.25) is 15.8 Å². The number of hydrogen-bond donors (Lipinski definition) is 1. The number of fused-ring (bicyclic) bond motifs is 1. The lowest BCUT2D eigenvalue weighted by molar-refractivity contribution is 0.101. The van der Waals surface area contributed by atoms with E-state index in [9.17, 15) is 13.2 Å². The predicted molar refractivity (Wildman–Crippen MR) is 114 cm³/mol. The zero-order valence-electron chi connectivity index (χ0n) is 17.4. The smallest absolute Gasteiger partial charge is 0.295 e. The van der Waals surface area contributed by atoms with E-state index < -0.39 is 15.9 Å². The first kappa shape index (κ1) is 21.2. The molecule has 0 spiro atoms. The molecule has 0 radical (unpaired) electrons. The number of sulfonamides is 1. The number of carbonyl (C=O) groups excluding carboxylic acids is 1. The maximum Gasteiger partial charge on any atom is 0.295 e. The second kappa shape index (κ2) is 8.60. The van der Waals surface area contributed by atoms with E-state index in [2.05, 4.69) is 20.4 Å². The number of carbonyl (C=O) groups is 1. The van der Waals surface area contributed by atoms with E-state index in [-0.39, 0.29) is 16.5 Å². The molecule has 164 valence electrons. The minimum absolute atomic E-state index is 0.0366. The summed E-state index contributed by atoms with van der Waals surface area (Å²) in [5.41, 5.74) is 1.10. The van der Waals surface area contributed by atoms with Crippen LogP contribution in [0.1, 0.15) is 42.5 Å². The zero-order valence-corrected chi connectivity index (χ0v) is 18.2. The zero-order chi connectivity index (χ0) is 22.0. The van der Waals surface area contributed by atoms with E-state index in [1.807, 2.05) is 6.92 Å². The first-order valence-electron chi connectivity index (χ1n) is 10.2. The van der Waals surface area contributed by atoms with Crippen LogP contribution in [0.15, 0.2) is 35.4 Å². The Morgan fingerprint density at radius 3 is 2.68 bits per heavy atom. The normalized spacial score (nSPS) is 15.2. The second-order valence-electron chi connectivity index (χ2n) is 7.25. The molecule has 0 unspecified atom stereocenters. The maximum atomic E-state index is 13.2. The third-order valence-electron chi connectivity index (χ3n) is 5.07. The Morgan fingerprint density at radius 2 is 1.97 bits per heavy atom. The summed E-state index contributed by atoms with van der Waals surface area (Å²) in [6.07, 6.45) is 4.26. The Hall–Kier alpha value is -3.05. The number of nitrogens with zero attached hydrogens (tertiary/aromatic N) is 5. The fourth-order valence-electron chi connectivity index (χ4n) is 3.50. The minimum atomic E-state index is -3.75. The monoisotopic (exact) mass is 444 g/mol. The van der Waals surface area contributed by atoms with Gasteiger partial charge in [0, 0.05) is 30.7 Å². The molecule has 1 aliphatic rings. The first-order chi connectivity index (χ1) is 14.9. The van der Waals surface area contributed by atoms with Gasteiger partial charge in [-0.25, -0.2) is 17.9 Å². The fourth-order valence-corrected chi connectivity index (χ4v) is 5.17. The molecule has 4 rings (SSSR count). The topological polar surface area (TPSA) is 119 Å². The molecule has 0 bridgehead atoms. The molecule has 0 saturated carbocycles. The third kappa shape index (κ3) is 4.23. The lowest BCUT2D eigenvalue weighted by atomic mass is 10.2. The van der Waals surface area contributed by atoms with Crippen molar-refractivity contribution >= 4 is 27.4 Å². The van der Waals surface area contributed by atoms with Crippen LogP contribution in [-0.2, 0) is 10.0 Å². The van der Waals surface area contributed by atoms with Crippen molar-refractivity contribution in [3.8, 4) is 5.75 Å². The summed E-state index contributed by atoms with van der Waals surface area (Å²) in [7, 11) is -3.75. The van der Waals surface area contributed by atoms with Crippen LogP contribution in [0, 0.1) is 6.92 Å². The molecule has 31 heavy (non-hydrogen) atoms. The predicted octanol–water partition coefficient (Wildman–Crippen LogP) is 2.26. The number of aryl methyl sites for hydroxylation is 1. The number of anilines is 1. The highest BCUT2D eigenvalue weighted by atomic mass is 32.2. The quantitative estimate of drug-likeness (QED) is 0.619. The van der Waals surface area contributed by atoms with Crippen molar-refractivity contribution in [1.82, 2.24) is 23.9 Å². The van der Waals surface area contributed by atoms with Crippen molar-refractivity contribution in [2.45, 2.75) is 38.0 Å². The molecule has 1 amide bonds. The Kier molecular flexibility index (Phi) is 5.88. The molecular formula is C20H24N6O4S. The first-order valence-corrected chi connectivity index (χ1v) is 11.6. The number of rotatable bonds is 6. The second-order valence-corrected chi connectivity index (χ2v) is 9.15. The van der Waals surface area contributed by atoms with Crippen LogP contribution >= 0.6 is 0 Å². The largest absolute Gasteiger partial charge is 0.492 e. The highest BCUT2D eigenvalue weighted by Gasteiger charge is 2.29. The van der Waals surface area contributed by atoms with E-state index in [4.69, 9.17) is 4.74 Å². The summed E-state index contributed by atoms with van der Waals surface area (Å²) in [6.45, 7) is 4.89. The summed E-state index contributed by atoms with van der Waals surface area (Å²) >= 11 is 0. The molecule has 10 nitrogen and oxygen atoms in total. The highest BCUT2D eigenvalue weighted by Crippen LogP contribution is 2.31. The van der Waals surface area contributed by atoms with Crippen molar-refractivity contribution in [3.63, 3.8) is 0 Å². The van der Waals surface area contributed by atoms with Gasteiger partial charge in [0.1, 0.15) is 10.6 Å². The van der Waals surface area contributed by atoms with Crippen LogP contribution in [0.2, 0.25) is 0 Å². The molecule has 11 heteroatoms. The van der Waals surface area contributed by atoms with Crippen LogP contribution in [-0.4, -0.2) is 57.9 Å². The molecule has 1 aromatic carbocycles. The van der Waals surface area contributed by atoms with Gasteiger partial charge >= 0.3 is 0 Å². The van der Waals surface area contributed by atoms with Crippen molar-refractivity contribution in [2.24, 2.45) is 0 Å². The number of benzene rings is 1. The summed E-state index contributed by atoms with van der Waals surface area (Å²) in [5.74, 6) is -0.0477. The average Bonchev–Trinajstić information content (AvgIpc) is 3.21. The van der Waals surface area contributed by atoms with Crippen LogP contribution < -0.4 is 10.1 Å². The van der Waals surface area contributed by atoms with Gasteiger partial charge in [0.05, 0.1) is 6.61 Å². The molecule has 1 N–H and O–H groups in total. The van der Waals surface area contributed by atoms with Crippen molar-refractivity contribution in [1.29, 1.82) is 0 Å². The van der Waals surface area contributed by atoms with Gasteiger partial charge in [-0.15, -0.1) is 5.10 Å². The number of amides is 1. The number of piperidine rings is 1. The molecule has 1 saturated heterocycles. The molecule has 1 fully saturated rings. The molecular weight excluding hydrogens is 420 g/mol. The fraction of sp³-hybridized carbons (Fsp3) is 0.400. The lowest BCUT2D eigenvalue weighted by Crippen LogP contribution is -2.35. The highest BCUT2D eigenvalue weighted by molar-refractivity contribution is 7.89. The van der Waals surface area contributed by atoms with Gasteiger partial charge in [0.15, 0.2) is 0 Å². The Balaban J connectivity index is 1.64. The van der Waals surface area contributed by atoms with Gasteiger partial charge < -0.3 is 10.1 Å². The molecule has 2 aromatic heterocycles. The van der Waals surface area contributed by atoms with Crippen molar-refractivity contribution < 1.29 is 17.9 Å². The standard InChI is InChI=1S/C20H24N6O4S/c1-3-30-16-8-7-15(13-17(16)31(28,29)25-11-5-4-6-12-25)22-19(27)18-23-20-21-10-9-14(2)26(20)24-18/h7-10,13H,3-6,11-12H2,1-2H3,(H,22,27). The summed E-state index contributed by atoms with van der Waals surface area (Å²) in [4.78, 5) is 21.0. The SMILES string of the molecule is CCOc1ccc(NC(=O)c2nc3nccc(C)n3n2)cc1S(=O)(=O)N1CCCCC1. The van der Waals surface area contributed by atoms with E-state index in [0.717, 1.165) is 25.0 Å². The van der Waals surface area contributed by atoms with Gasteiger partial charge in [-0.1, -0.05) is 6.42 Å².